The first-order chi connectivity index (χ1) is 5.22. The Bertz CT molecular complexity index is 153. The maximum atomic E-state index is 4.14. The first-order valence-electron chi connectivity index (χ1n) is 4.00. The molecule has 3 nitrogen and oxygen atoms in total. The Kier molecular flexibility index (Phi) is 17.1. The van der Waals surface area contributed by atoms with Crippen LogP contribution in [0.25, 0.3) is 0 Å². The average molecular weight is 228 g/mol. The Morgan fingerprint density at radius 2 is 1.77 bits per heavy atom. The van der Waals surface area contributed by atoms with Gasteiger partial charge in [-0.25, -0.2) is 9.98 Å². The summed E-state index contributed by atoms with van der Waals surface area (Å²) >= 11 is 0. The number of aliphatic imine (C=N–C) groups is 2. The van der Waals surface area contributed by atoms with Gasteiger partial charge in [0.2, 0.25) is 0 Å². The lowest BCUT2D eigenvalue weighted by molar-refractivity contribution is 0.296. The smallest absolute Gasteiger partial charge is 0.112 e. The largest absolute Gasteiger partial charge is 0.287 e. The topological polar surface area (TPSA) is 28.0 Å². The highest BCUT2D eigenvalue weighted by Crippen LogP contribution is 1.97. The molecule has 0 fully saturated rings. The third-order valence-corrected chi connectivity index (χ3v) is 1.40. The molecule has 1 unspecified atom stereocenters. The second-order valence-corrected chi connectivity index (χ2v) is 2.56. The first-order valence-corrected chi connectivity index (χ1v) is 4.00. The molecule has 0 aliphatic heterocycles. The zero-order valence-corrected chi connectivity index (χ0v) is 10.3. The van der Waals surface area contributed by atoms with Gasteiger partial charge >= 0.3 is 0 Å². The molecule has 0 rings (SSSR count). The molecule has 0 saturated carbocycles. The third-order valence-electron chi connectivity index (χ3n) is 1.40. The maximum absolute atomic E-state index is 4.14. The van der Waals surface area contributed by atoms with Crippen LogP contribution in [0.15, 0.2) is 9.98 Å². The van der Waals surface area contributed by atoms with Gasteiger partial charge in [-0.05, 0) is 27.4 Å². The molecule has 5 heteroatoms. The molecule has 0 N–H and O–H groups in total. The van der Waals surface area contributed by atoms with Gasteiger partial charge in [-0.2, -0.15) is 0 Å². The van der Waals surface area contributed by atoms with E-state index in [2.05, 4.69) is 27.8 Å². The Morgan fingerprint density at radius 1 is 1.23 bits per heavy atom. The van der Waals surface area contributed by atoms with Gasteiger partial charge in [0.1, 0.15) is 6.17 Å². The summed E-state index contributed by atoms with van der Waals surface area (Å²) < 4.78 is 0. The van der Waals surface area contributed by atoms with E-state index in [-0.39, 0.29) is 31.0 Å². The fourth-order valence-electron chi connectivity index (χ4n) is 0.750. The Hall–Kier alpha value is -0.0800. The van der Waals surface area contributed by atoms with Crippen LogP contribution in [0, 0.1) is 0 Å². The Morgan fingerprint density at radius 3 is 2.08 bits per heavy atom. The normalized spacial score (nSPS) is 10.5. The van der Waals surface area contributed by atoms with Crippen molar-refractivity contribution in [1.29, 1.82) is 0 Å². The predicted octanol–water partition coefficient (Wildman–Crippen LogP) is 2.32. The minimum Gasteiger partial charge on any atom is -0.287 e. The molecule has 0 radical (unpaired) electrons. The summed E-state index contributed by atoms with van der Waals surface area (Å²) in [6.07, 6.45) is 1.23. The van der Waals surface area contributed by atoms with Gasteiger partial charge in [0.25, 0.3) is 0 Å². The van der Waals surface area contributed by atoms with Crippen molar-refractivity contribution in [1.82, 2.24) is 4.90 Å². The summed E-state index contributed by atoms with van der Waals surface area (Å²) in [6, 6.07) is 2.68. The molecule has 0 bridgehead atoms. The highest BCUT2D eigenvalue weighted by Gasteiger charge is 2.03. The molecule has 0 aliphatic carbocycles. The molecule has 0 aromatic heterocycles. The van der Waals surface area contributed by atoms with Gasteiger partial charge in [-0.15, -0.1) is 24.8 Å². The van der Waals surface area contributed by atoms with Crippen LogP contribution in [-0.2, 0) is 0 Å². The van der Waals surface area contributed by atoms with Crippen LogP contribution in [-0.4, -0.2) is 37.7 Å². The molecular formula is C8H19Cl2N3. The number of nitrogens with zero attached hydrogens (tertiary/aromatic N) is 3. The van der Waals surface area contributed by atoms with Crippen molar-refractivity contribution in [2.24, 2.45) is 9.98 Å². The van der Waals surface area contributed by atoms with Crippen LogP contribution >= 0.6 is 24.8 Å². The quantitative estimate of drug-likeness (QED) is 0.678. The summed E-state index contributed by atoms with van der Waals surface area (Å²) in [5.74, 6) is 0. The summed E-state index contributed by atoms with van der Waals surface area (Å²) in [7, 11) is 4.01. The molecule has 0 heterocycles. The van der Waals surface area contributed by atoms with Crippen molar-refractivity contribution in [3.8, 4) is 0 Å². The zero-order valence-electron chi connectivity index (χ0n) is 8.65. The maximum Gasteiger partial charge on any atom is 0.112 e. The van der Waals surface area contributed by atoms with E-state index in [4.69, 9.17) is 0 Å². The number of halogens is 2. The fourth-order valence-corrected chi connectivity index (χ4v) is 0.750. The van der Waals surface area contributed by atoms with E-state index in [1.54, 1.807) is 0 Å². The summed E-state index contributed by atoms with van der Waals surface area (Å²) in [4.78, 5) is 10.1. The fraction of sp³-hybridized carbons (Fsp3) is 0.875. The van der Waals surface area contributed by atoms with Crippen molar-refractivity contribution in [3.05, 3.63) is 0 Å². The van der Waals surface area contributed by atoms with Crippen molar-refractivity contribution in [2.75, 3.05) is 20.6 Å². The Labute approximate surface area is 93.2 Å². The lowest BCUT2D eigenvalue weighted by atomic mass is 10.4. The SMILES string of the molecule is CCN=C=NC(CC)N(C)C.Cl.Cl. The molecular weight excluding hydrogens is 209 g/mol. The zero-order chi connectivity index (χ0) is 8.69. The van der Waals surface area contributed by atoms with Gasteiger partial charge in [-0.3, -0.25) is 4.90 Å². The van der Waals surface area contributed by atoms with Crippen molar-refractivity contribution in [3.63, 3.8) is 0 Å². The standard InChI is InChI=1S/C8H17N3.2ClH/c1-5-8(11(3)4)10-7-9-6-2;;/h8H,5-6H2,1-4H3;2*1H. The molecule has 0 saturated heterocycles. The van der Waals surface area contributed by atoms with E-state index >= 15 is 0 Å². The second-order valence-electron chi connectivity index (χ2n) is 2.56. The van der Waals surface area contributed by atoms with Gasteiger partial charge in [-0.1, -0.05) is 6.92 Å². The van der Waals surface area contributed by atoms with Gasteiger partial charge in [0, 0.05) is 6.54 Å². The Balaban J connectivity index is -0.000000500. The molecule has 0 spiro atoms. The molecule has 0 aromatic rings. The van der Waals surface area contributed by atoms with Crippen LogP contribution in [0.1, 0.15) is 20.3 Å². The van der Waals surface area contributed by atoms with E-state index in [1.807, 2.05) is 21.0 Å². The van der Waals surface area contributed by atoms with Gasteiger partial charge in [0.15, 0.2) is 0 Å². The molecule has 1 atom stereocenters. The number of hydrogen-bond acceptors (Lipinski definition) is 3. The van der Waals surface area contributed by atoms with Crippen LogP contribution in [0.4, 0.5) is 0 Å². The number of rotatable bonds is 4. The van der Waals surface area contributed by atoms with Crippen LogP contribution in [0.2, 0.25) is 0 Å². The van der Waals surface area contributed by atoms with E-state index < -0.39 is 0 Å². The molecule has 80 valence electrons. The van der Waals surface area contributed by atoms with E-state index in [1.165, 1.54) is 0 Å². The van der Waals surface area contributed by atoms with Crippen molar-refractivity contribution in [2.45, 2.75) is 26.4 Å². The van der Waals surface area contributed by atoms with Crippen LogP contribution in [0.3, 0.4) is 0 Å². The van der Waals surface area contributed by atoms with Crippen molar-refractivity contribution >= 4 is 30.8 Å². The molecule has 13 heavy (non-hydrogen) atoms. The lowest BCUT2D eigenvalue weighted by Gasteiger charge is -2.15. The van der Waals surface area contributed by atoms with E-state index in [9.17, 15) is 0 Å². The van der Waals surface area contributed by atoms with E-state index in [0.29, 0.717) is 0 Å². The van der Waals surface area contributed by atoms with Crippen LogP contribution in [0.5, 0.6) is 0 Å². The lowest BCUT2D eigenvalue weighted by Crippen LogP contribution is -2.24. The average Bonchev–Trinajstić information content (AvgIpc) is 1.97. The summed E-state index contributed by atoms with van der Waals surface area (Å²) in [5, 5.41) is 0. The van der Waals surface area contributed by atoms with Gasteiger partial charge in [0.05, 0.1) is 6.01 Å². The minimum atomic E-state index is 0. The highest BCUT2D eigenvalue weighted by molar-refractivity contribution is 5.85. The van der Waals surface area contributed by atoms with Gasteiger partial charge < -0.3 is 0 Å². The molecule has 0 amide bonds. The summed E-state index contributed by atoms with van der Waals surface area (Å²) in [5.41, 5.74) is 0. The van der Waals surface area contributed by atoms with Crippen molar-refractivity contribution < 1.29 is 0 Å². The number of hydrogen-bond donors (Lipinski definition) is 0. The van der Waals surface area contributed by atoms with E-state index in [0.717, 1.165) is 13.0 Å². The second kappa shape index (κ2) is 11.9. The predicted molar refractivity (Wildman–Crippen MR) is 62.7 cm³/mol. The third kappa shape index (κ3) is 9.84. The minimum absolute atomic E-state index is 0. The highest BCUT2D eigenvalue weighted by atomic mass is 35.5. The van der Waals surface area contributed by atoms with Crippen LogP contribution < -0.4 is 0 Å². The molecule has 0 aliphatic rings. The monoisotopic (exact) mass is 227 g/mol. The summed E-state index contributed by atoms with van der Waals surface area (Å²) in [6.45, 7) is 4.83. The first kappa shape index (κ1) is 18.7. The molecule has 0 aromatic carbocycles.